The van der Waals surface area contributed by atoms with Gasteiger partial charge in [0.05, 0.1) is 24.2 Å². The van der Waals surface area contributed by atoms with Crippen molar-refractivity contribution in [3.63, 3.8) is 0 Å². The first-order chi connectivity index (χ1) is 16.8. The van der Waals surface area contributed by atoms with Gasteiger partial charge in [0.15, 0.2) is 0 Å². The second-order valence-electron chi connectivity index (χ2n) is 7.57. The fraction of sp³-hybridized carbons (Fsp3) is 0.120. The van der Waals surface area contributed by atoms with Crippen molar-refractivity contribution in [2.45, 2.75) is 24.9 Å². The Morgan fingerprint density at radius 3 is 2.40 bits per heavy atom. The molecule has 0 atom stereocenters. The Labute approximate surface area is 206 Å². The van der Waals surface area contributed by atoms with E-state index in [1.165, 1.54) is 48.8 Å². The van der Waals surface area contributed by atoms with E-state index in [1.807, 2.05) is 5.38 Å². The van der Waals surface area contributed by atoms with Crippen LogP contribution in [0.3, 0.4) is 0 Å². The highest BCUT2D eigenvalue weighted by atomic mass is 32.2. The van der Waals surface area contributed by atoms with Crippen molar-refractivity contribution in [2.24, 2.45) is 0 Å². The monoisotopic (exact) mass is 510 g/mol. The summed E-state index contributed by atoms with van der Waals surface area (Å²) >= 11 is 1.32. The van der Waals surface area contributed by atoms with Gasteiger partial charge in [-0.2, -0.15) is 8.42 Å². The first kappa shape index (κ1) is 24.2. The van der Waals surface area contributed by atoms with Gasteiger partial charge in [-0.1, -0.05) is 24.3 Å². The molecule has 0 fully saturated rings. The van der Waals surface area contributed by atoms with E-state index in [0.717, 1.165) is 0 Å². The third-order valence-electron chi connectivity index (χ3n) is 4.94. The zero-order valence-electron chi connectivity index (χ0n) is 18.7. The van der Waals surface area contributed by atoms with Crippen LogP contribution in [0.4, 0.5) is 5.69 Å². The Balaban J connectivity index is 1.58. The van der Waals surface area contributed by atoms with Crippen LogP contribution in [0.1, 0.15) is 27.9 Å². The fourth-order valence-electron chi connectivity index (χ4n) is 3.34. The van der Waals surface area contributed by atoms with E-state index in [2.05, 4.69) is 5.32 Å². The molecule has 2 heterocycles. The highest BCUT2D eigenvalue weighted by Crippen LogP contribution is 2.27. The molecule has 4 aromatic rings. The van der Waals surface area contributed by atoms with Gasteiger partial charge in [0, 0.05) is 18.2 Å². The van der Waals surface area contributed by atoms with Crippen molar-refractivity contribution in [1.29, 1.82) is 0 Å². The van der Waals surface area contributed by atoms with Gasteiger partial charge in [-0.05, 0) is 53.9 Å². The Bertz CT molecular complexity index is 1400. The smallest absolute Gasteiger partial charge is 0.339 e. The van der Waals surface area contributed by atoms with Gasteiger partial charge in [0.1, 0.15) is 16.4 Å². The number of benzene rings is 2. The van der Waals surface area contributed by atoms with Gasteiger partial charge in [-0.15, -0.1) is 11.3 Å². The number of nitrogens with zero attached hydrogens (tertiary/aromatic N) is 1. The van der Waals surface area contributed by atoms with Crippen LogP contribution in [-0.4, -0.2) is 25.1 Å². The van der Waals surface area contributed by atoms with Crippen LogP contribution in [-0.2, 0) is 28.0 Å². The maximum atomic E-state index is 13.2. The molecule has 0 saturated heterocycles. The number of nitrogens with one attached hydrogen (secondary N) is 1. The van der Waals surface area contributed by atoms with Crippen molar-refractivity contribution in [3.8, 4) is 5.75 Å². The highest BCUT2D eigenvalue weighted by molar-refractivity contribution is 7.87. The molecule has 8 nitrogen and oxygen atoms in total. The van der Waals surface area contributed by atoms with E-state index in [4.69, 9.17) is 8.60 Å². The van der Waals surface area contributed by atoms with Crippen LogP contribution >= 0.6 is 11.3 Å². The molecule has 0 spiro atoms. The number of hydrogen-bond acceptors (Lipinski definition) is 7. The number of thiophene rings is 1. The number of rotatable bonds is 9. The largest absolute Gasteiger partial charge is 0.467 e. The number of para-hydroxylation sites is 1. The number of furan rings is 1. The van der Waals surface area contributed by atoms with Gasteiger partial charge in [0.25, 0.3) is 5.91 Å². The van der Waals surface area contributed by atoms with Crippen LogP contribution in [0.2, 0.25) is 0 Å². The number of amides is 2. The Kier molecular flexibility index (Phi) is 7.33. The predicted octanol–water partition coefficient (Wildman–Crippen LogP) is 4.91. The molecule has 2 amide bonds. The van der Waals surface area contributed by atoms with E-state index >= 15 is 0 Å². The summed E-state index contributed by atoms with van der Waals surface area (Å²) in [7, 11) is -4.16. The third kappa shape index (κ3) is 6.17. The molecule has 10 heteroatoms. The van der Waals surface area contributed by atoms with Gasteiger partial charge in [0.2, 0.25) is 5.91 Å². The maximum absolute atomic E-state index is 13.2. The van der Waals surface area contributed by atoms with Crippen LogP contribution < -0.4 is 9.50 Å². The Hall–Kier alpha value is -3.89. The molecular formula is C25H22N2O6S2. The summed E-state index contributed by atoms with van der Waals surface area (Å²) in [6.07, 6.45) is 1.53. The lowest BCUT2D eigenvalue weighted by atomic mass is 10.2. The standard InChI is InChI=1S/C25H22N2O6S2/c1-18(28)26-20-10-12-22(13-11-20)35(30,31)33-23-8-3-2-6-19(23)16-27(17-21-7-4-14-32-21)25(29)24-9-5-15-34-24/h2-15H,16-17H2,1H3,(H,26,28). The second kappa shape index (κ2) is 10.6. The van der Waals surface area contributed by atoms with Crippen molar-refractivity contribution < 1.29 is 26.6 Å². The normalized spacial score (nSPS) is 11.1. The van der Waals surface area contributed by atoms with Crippen molar-refractivity contribution in [1.82, 2.24) is 4.90 Å². The third-order valence-corrected chi connectivity index (χ3v) is 7.05. The van der Waals surface area contributed by atoms with Crippen LogP contribution in [0.25, 0.3) is 0 Å². The maximum Gasteiger partial charge on any atom is 0.339 e. The lowest BCUT2D eigenvalue weighted by Gasteiger charge is -2.22. The summed E-state index contributed by atoms with van der Waals surface area (Å²) in [5.74, 6) is 0.242. The summed E-state index contributed by atoms with van der Waals surface area (Å²) < 4.78 is 36.8. The van der Waals surface area contributed by atoms with Crippen molar-refractivity contribution in [2.75, 3.05) is 5.32 Å². The lowest BCUT2D eigenvalue weighted by Crippen LogP contribution is -2.29. The zero-order valence-corrected chi connectivity index (χ0v) is 20.3. The van der Waals surface area contributed by atoms with E-state index in [9.17, 15) is 18.0 Å². The van der Waals surface area contributed by atoms with Crippen LogP contribution in [0, 0.1) is 0 Å². The van der Waals surface area contributed by atoms with E-state index in [0.29, 0.717) is 21.9 Å². The molecule has 180 valence electrons. The lowest BCUT2D eigenvalue weighted by molar-refractivity contribution is -0.114. The molecule has 0 saturated carbocycles. The molecule has 0 aliphatic carbocycles. The molecule has 2 aromatic carbocycles. The van der Waals surface area contributed by atoms with Gasteiger partial charge >= 0.3 is 10.1 Å². The SMILES string of the molecule is CC(=O)Nc1ccc(S(=O)(=O)Oc2ccccc2CN(Cc2ccco2)C(=O)c2cccs2)cc1. The molecule has 0 bridgehead atoms. The minimum atomic E-state index is -4.16. The average Bonchev–Trinajstić information content (AvgIpc) is 3.54. The van der Waals surface area contributed by atoms with E-state index in [-0.39, 0.29) is 35.5 Å². The molecule has 0 aliphatic heterocycles. The van der Waals surface area contributed by atoms with E-state index in [1.54, 1.807) is 53.4 Å². The molecule has 1 N–H and O–H groups in total. The molecule has 0 aliphatic rings. The van der Waals surface area contributed by atoms with Gasteiger partial charge in [-0.3, -0.25) is 9.59 Å². The summed E-state index contributed by atoms with van der Waals surface area (Å²) in [5, 5.41) is 4.40. The first-order valence-electron chi connectivity index (χ1n) is 10.6. The summed E-state index contributed by atoms with van der Waals surface area (Å²) in [6.45, 7) is 1.67. The number of hydrogen-bond donors (Lipinski definition) is 1. The summed E-state index contributed by atoms with van der Waals surface area (Å²) in [4.78, 5) is 26.4. The molecular weight excluding hydrogens is 488 g/mol. The Morgan fingerprint density at radius 2 is 1.74 bits per heavy atom. The molecule has 0 unspecified atom stereocenters. The molecule has 4 rings (SSSR count). The number of anilines is 1. The van der Waals surface area contributed by atoms with Crippen molar-refractivity contribution >= 4 is 39.0 Å². The average molecular weight is 511 g/mol. The fourth-order valence-corrected chi connectivity index (χ4v) is 5.00. The molecule has 2 aromatic heterocycles. The predicted molar refractivity (Wildman–Crippen MR) is 132 cm³/mol. The first-order valence-corrected chi connectivity index (χ1v) is 12.9. The second-order valence-corrected chi connectivity index (χ2v) is 10.1. The summed E-state index contributed by atoms with van der Waals surface area (Å²) in [6, 6.07) is 19.4. The van der Waals surface area contributed by atoms with Gasteiger partial charge in [-0.25, -0.2) is 0 Å². The van der Waals surface area contributed by atoms with Crippen LogP contribution in [0.15, 0.2) is 93.8 Å². The summed E-state index contributed by atoms with van der Waals surface area (Å²) in [5.41, 5.74) is 0.986. The van der Waals surface area contributed by atoms with E-state index < -0.39 is 10.1 Å². The highest BCUT2D eigenvalue weighted by Gasteiger charge is 2.23. The zero-order chi connectivity index (χ0) is 24.8. The Morgan fingerprint density at radius 1 is 0.971 bits per heavy atom. The molecule has 35 heavy (non-hydrogen) atoms. The minimum Gasteiger partial charge on any atom is -0.467 e. The van der Waals surface area contributed by atoms with Crippen LogP contribution in [0.5, 0.6) is 5.75 Å². The molecule has 0 radical (unpaired) electrons. The number of carbonyl (C=O) groups excluding carboxylic acids is 2. The van der Waals surface area contributed by atoms with Crippen molar-refractivity contribution in [3.05, 3.63) is 101 Å². The topological polar surface area (TPSA) is 106 Å². The quantitative estimate of drug-likeness (QED) is 0.321. The van der Waals surface area contributed by atoms with Gasteiger partial charge < -0.3 is 18.8 Å². The minimum absolute atomic E-state index is 0.0662. The number of carbonyl (C=O) groups is 2.